The molecule has 0 aromatic heterocycles. The van der Waals surface area contributed by atoms with Crippen LogP contribution in [0.15, 0.2) is 47.6 Å². The number of esters is 1. The number of amides is 1. The van der Waals surface area contributed by atoms with Gasteiger partial charge in [-0.2, -0.15) is 0 Å². The van der Waals surface area contributed by atoms with Crippen molar-refractivity contribution in [2.24, 2.45) is 35.5 Å². The van der Waals surface area contributed by atoms with Gasteiger partial charge < -0.3 is 44.3 Å². The number of Topliss-reactive ketones (excluding diaryl/α,β-unsaturated/α-hetero) is 2. The predicted molar refractivity (Wildman–Crippen MR) is 260 cm³/mol. The first kappa shape index (κ1) is 57.0. The standard InChI is InChI=1S/C51H82INO12/c1-31-16-12-11-13-17-33(3)43(62-8)30-39(54)22-20-37(7)51(52,61)48(58)49(59)53-25-15-14-18-40(53)50(60)65-42(34(4)28-38-21-23-41(55)44(29-38)63-9)24-19-32(2)27-36(6)46(57)47(64-10)45(56)35(5)26-31/h11-13,16-17,27,31-32,34-35,37-44,46-47,54-55,57,61H,14-15,18-26,28-30H2,1-10H3/b13-11+,16-12+,33-17+,36-27+/t31-,32+,34-,35-,37-,38+,39+,40+,41-,42+,43+,44-,46-,47+,51?/m1/s1. The van der Waals surface area contributed by atoms with Crippen molar-refractivity contribution >= 4 is 46.0 Å². The second kappa shape index (κ2) is 27.6. The third-order valence-corrected chi connectivity index (χ3v) is 15.7. The van der Waals surface area contributed by atoms with E-state index in [1.807, 2.05) is 71.1 Å². The van der Waals surface area contributed by atoms with Crippen molar-refractivity contribution in [1.82, 2.24) is 4.90 Å². The Labute approximate surface area is 403 Å². The second-order valence-electron chi connectivity index (χ2n) is 19.6. The molecule has 0 aromatic carbocycles. The molecular weight excluding hydrogens is 945 g/mol. The van der Waals surface area contributed by atoms with Gasteiger partial charge in [0.05, 0.1) is 24.4 Å². The maximum atomic E-state index is 14.3. The van der Waals surface area contributed by atoms with E-state index in [-0.39, 0.29) is 73.4 Å². The summed E-state index contributed by atoms with van der Waals surface area (Å²) in [5, 5.41) is 44.6. The predicted octanol–water partition coefficient (Wildman–Crippen LogP) is 7.40. The van der Waals surface area contributed by atoms with Gasteiger partial charge in [0, 0.05) is 46.1 Å². The van der Waals surface area contributed by atoms with Crippen LogP contribution < -0.4 is 0 Å². The Balaban J connectivity index is 1.97. The molecule has 13 nitrogen and oxygen atoms in total. The van der Waals surface area contributed by atoms with Gasteiger partial charge in [-0.15, -0.1) is 0 Å². The summed E-state index contributed by atoms with van der Waals surface area (Å²) < 4.78 is 21.2. The molecule has 3 aliphatic rings. The number of hydrogen-bond acceptors (Lipinski definition) is 12. The van der Waals surface area contributed by atoms with Crippen LogP contribution in [-0.2, 0) is 38.1 Å². The fourth-order valence-electron chi connectivity index (χ4n) is 9.78. The van der Waals surface area contributed by atoms with Gasteiger partial charge in [-0.25, -0.2) is 4.79 Å². The van der Waals surface area contributed by atoms with Crippen molar-refractivity contribution < 1.29 is 58.6 Å². The molecule has 1 unspecified atom stereocenters. The Kier molecular flexibility index (Phi) is 24.2. The molecule has 3 rings (SSSR count). The summed E-state index contributed by atoms with van der Waals surface area (Å²) >= 11 is 1.63. The van der Waals surface area contributed by atoms with E-state index >= 15 is 0 Å². The highest BCUT2D eigenvalue weighted by Gasteiger charge is 2.47. The summed E-state index contributed by atoms with van der Waals surface area (Å²) in [6.45, 7) is 13.5. The quantitative estimate of drug-likeness (QED) is 0.0680. The van der Waals surface area contributed by atoms with Crippen molar-refractivity contribution in [3.63, 3.8) is 0 Å². The van der Waals surface area contributed by atoms with E-state index in [4.69, 9.17) is 18.9 Å². The minimum atomic E-state index is -2.08. The van der Waals surface area contributed by atoms with Crippen molar-refractivity contribution in [3.8, 4) is 0 Å². The lowest BCUT2D eigenvalue weighted by molar-refractivity contribution is -0.167. The molecule has 1 amide bonds. The summed E-state index contributed by atoms with van der Waals surface area (Å²) in [4.78, 5) is 57.2. The molecule has 1 saturated carbocycles. The number of carbonyl (C=O) groups is 4. The molecule has 2 heterocycles. The average molecular weight is 1030 g/mol. The molecule has 4 N–H and O–H groups in total. The van der Waals surface area contributed by atoms with Gasteiger partial charge in [0.15, 0.2) is 9.39 Å². The molecule has 0 spiro atoms. The fraction of sp³-hybridized carbons (Fsp3) is 0.765. The number of hydrogen-bond donors (Lipinski definition) is 4. The Bertz CT molecular complexity index is 1660. The van der Waals surface area contributed by atoms with Crippen LogP contribution in [-0.4, -0.2) is 129 Å². The number of rotatable bonds is 6. The number of aliphatic hydroxyl groups is 4. The zero-order valence-electron chi connectivity index (χ0n) is 40.8. The lowest BCUT2D eigenvalue weighted by atomic mass is 9.78. The second-order valence-corrected chi connectivity index (χ2v) is 21.2. The summed E-state index contributed by atoms with van der Waals surface area (Å²) in [7, 11) is 4.61. The van der Waals surface area contributed by atoms with Gasteiger partial charge in [-0.3, -0.25) is 14.4 Å². The van der Waals surface area contributed by atoms with Gasteiger partial charge in [-0.1, -0.05) is 71.1 Å². The maximum Gasteiger partial charge on any atom is 0.329 e. The minimum Gasteiger partial charge on any atom is -0.461 e. The SMILES string of the molecule is CO[C@H]1C[C@@H](O)CC[C@@H](C)C(O)(I)C(=O)C(=O)N2CCCC[C@H]2C(=O)O[C@H]([C@H](C)C[C@@H]2CC[C@@H](O)[C@H](OC)C2)CC[C@H](C)/C=C(\C)[C@@H](O)[C@@H](OC)C(=O)[C@H](C)C[C@H](C)/C=C/C=C/C=C/1C. The minimum absolute atomic E-state index is 0.0641. The number of nitrogens with zero attached hydrogens (tertiary/aromatic N) is 1. The molecule has 2 aliphatic heterocycles. The lowest BCUT2D eigenvalue weighted by Crippen LogP contribution is -2.56. The molecule has 0 bridgehead atoms. The normalized spacial score (nSPS) is 39.9. The van der Waals surface area contributed by atoms with Gasteiger partial charge in [0.1, 0.15) is 24.4 Å². The first-order valence-electron chi connectivity index (χ1n) is 24.0. The van der Waals surface area contributed by atoms with Crippen LogP contribution in [0.2, 0.25) is 0 Å². The molecule has 1 aliphatic carbocycles. The average Bonchev–Trinajstić information content (AvgIpc) is 3.27. The number of alkyl halides is 1. The number of ketones is 2. The summed E-state index contributed by atoms with van der Waals surface area (Å²) in [6, 6.07) is -1.01. The van der Waals surface area contributed by atoms with Crippen molar-refractivity contribution in [2.45, 2.75) is 184 Å². The van der Waals surface area contributed by atoms with E-state index in [2.05, 4.69) is 0 Å². The smallest absolute Gasteiger partial charge is 0.329 e. The van der Waals surface area contributed by atoms with Gasteiger partial charge in [-0.05, 0) is 148 Å². The van der Waals surface area contributed by atoms with Crippen LogP contribution in [0.25, 0.3) is 0 Å². The number of fused-ring (bicyclic) bond motifs is 1. The molecule has 2 fully saturated rings. The Morgan fingerprint density at radius 2 is 1.52 bits per heavy atom. The van der Waals surface area contributed by atoms with Crippen LogP contribution in [0, 0.1) is 35.5 Å². The monoisotopic (exact) mass is 1030 g/mol. The fourth-order valence-corrected chi connectivity index (χ4v) is 10.3. The van der Waals surface area contributed by atoms with Crippen LogP contribution in [0.1, 0.15) is 132 Å². The zero-order chi connectivity index (χ0) is 48.6. The van der Waals surface area contributed by atoms with E-state index in [9.17, 15) is 39.6 Å². The van der Waals surface area contributed by atoms with Crippen LogP contribution >= 0.6 is 22.6 Å². The molecule has 15 atom stereocenters. The summed E-state index contributed by atoms with van der Waals surface area (Å²) in [5.41, 5.74) is 1.49. The van der Waals surface area contributed by atoms with Gasteiger partial charge in [0.2, 0.25) is 0 Å². The summed E-state index contributed by atoms with van der Waals surface area (Å²) in [5.74, 6) is -3.69. The Morgan fingerprint density at radius 3 is 2.18 bits per heavy atom. The topological polar surface area (TPSA) is 189 Å². The van der Waals surface area contributed by atoms with Crippen LogP contribution in [0.3, 0.4) is 0 Å². The van der Waals surface area contributed by atoms with Crippen LogP contribution in [0.5, 0.6) is 0 Å². The maximum absolute atomic E-state index is 14.3. The van der Waals surface area contributed by atoms with Crippen molar-refractivity contribution in [1.29, 1.82) is 0 Å². The van der Waals surface area contributed by atoms with Crippen LogP contribution in [0.4, 0.5) is 0 Å². The number of allylic oxidation sites excluding steroid dienone is 6. The van der Waals surface area contributed by atoms with E-state index in [1.54, 1.807) is 50.7 Å². The van der Waals surface area contributed by atoms with Gasteiger partial charge in [0.25, 0.3) is 11.7 Å². The van der Waals surface area contributed by atoms with Crippen molar-refractivity contribution in [2.75, 3.05) is 27.9 Å². The summed E-state index contributed by atoms with van der Waals surface area (Å²) in [6.07, 6.45) is 13.6. The molecule has 65 heavy (non-hydrogen) atoms. The number of methoxy groups -OCH3 is 3. The third kappa shape index (κ3) is 17.0. The van der Waals surface area contributed by atoms with E-state index < -0.39 is 63.7 Å². The number of ether oxygens (including phenoxy) is 4. The molecule has 370 valence electrons. The lowest BCUT2D eigenvalue weighted by Gasteiger charge is -2.38. The first-order valence-corrected chi connectivity index (χ1v) is 25.1. The largest absolute Gasteiger partial charge is 0.461 e. The van der Waals surface area contributed by atoms with E-state index in [0.29, 0.717) is 56.9 Å². The van der Waals surface area contributed by atoms with E-state index in [1.165, 1.54) is 12.0 Å². The molecular formula is C51H82INO12. The highest BCUT2D eigenvalue weighted by molar-refractivity contribution is 14.1. The van der Waals surface area contributed by atoms with Crippen molar-refractivity contribution in [3.05, 3.63) is 47.6 Å². The number of cyclic esters (lactones) is 1. The number of aliphatic hydroxyl groups excluding tert-OH is 3. The van der Waals surface area contributed by atoms with E-state index in [0.717, 1.165) is 18.4 Å². The molecule has 1 saturated heterocycles. The molecule has 0 aromatic rings. The van der Waals surface area contributed by atoms with Gasteiger partial charge >= 0.3 is 5.97 Å². The Morgan fingerprint density at radius 1 is 0.815 bits per heavy atom. The number of piperidine rings is 1. The molecule has 0 radical (unpaired) electrons. The number of halogens is 1. The number of carbonyl (C=O) groups excluding carboxylic acids is 4. The zero-order valence-corrected chi connectivity index (χ0v) is 43.0. The first-order chi connectivity index (χ1) is 30.7. The Hall–Kier alpha value is -2.31. The third-order valence-electron chi connectivity index (χ3n) is 14.2. The highest BCUT2D eigenvalue weighted by atomic mass is 127. The molecule has 14 heteroatoms. The highest BCUT2D eigenvalue weighted by Crippen LogP contribution is 2.36.